The van der Waals surface area contributed by atoms with Crippen molar-refractivity contribution in [3.63, 3.8) is 0 Å². The van der Waals surface area contributed by atoms with Crippen molar-refractivity contribution in [1.29, 1.82) is 0 Å². The van der Waals surface area contributed by atoms with E-state index >= 15 is 0 Å². The van der Waals surface area contributed by atoms with Crippen LogP contribution in [-0.2, 0) is 16.2 Å². The van der Waals surface area contributed by atoms with E-state index in [0.29, 0.717) is 17.5 Å². The Morgan fingerprint density at radius 2 is 0.836 bits per heavy atom. The second-order valence-electron chi connectivity index (χ2n) is 19.4. The van der Waals surface area contributed by atoms with Gasteiger partial charge in [0.25, 0.3) is 0 Å². The Labute approximate surface area is 359 Å². The Kier molecular flexibility index (Phi) is 7.92. The predicted molar refractivity (Wildman–Crippen MR) is 253 cm³/mol. The van der Waals surface area contributed by atoms with Gasteiger partial charge in [-0.15, -0.1) is 0 Å². The zero-order valence-electron chi connectivity index (χ0n) is 36.3. The first kappa shape index (κ1) is 37.4. The van der Waals surface area contributed by atoms with E-state index in [1.54, 1.807) is 0 Å². The molecular weight excluding hydrogens is 741 g/mol. The highest BCUT2D eigenvalue weighted by molar-refractivity contribution is 6.12. The van der Waals surface area contributed by atoms with Gasteiger partial charge in [-0.05, 0) is 103 Å². The fourth-order valence-electron chi connectivity index (χ4n) is 10.6. The van der Waals surface area contributed by atoms with Crippen LogP contribution in [0.15, 0.2) is 158 Å². The van der Waals surface area contributed by atoms with Crippen LogP contribution in [0.3, 0.4) is 0 Å². The SMILES string of the molecule is CC1(C)c2ccccc2-c2cc3c4cc5c(cc4n(-c4cccc(-c6cccc(-c7nc(-c8ccccc8)nc(-c8ccccc8)n7)c6)c4)c3cc21)C(C)(C)C(C)(C)C5(C)C. The van der Waals surface area contributed by atoms with Gasteiger partial charge in [0, 0.05) is 38.6 Å². The van der Waals surface area contributed by atoms with E-state index in [-0.39, 0.29) is 21.7 Å². The number of nitrogens with zero attached hydrogens (tertiary/aromatic N) is 4. The third kappa shape index (κ3) is 5.34. The van der Waals surface area contributed by atoms with Crippen LogP contribution in [-0.4, -0.2) is 19.5 Å². The van der Waals surface area contributed by atoms with Crippen LogP contribution >= 0.6 is 0 Å². The highest BCUT2D eigenvalue weighted by atomic mass is 15.0. The Balaban J connectivity index is 1.11. The maximum Gasteiger partial charge on any atom is 0.164 e. The molecule has 298 valence electrons. The molecule has 0 aliphatic heterocycles. The number of fused-ring (bicyclic) bond motifs is 7. The van der Waals surface area contributed by atoms with Gasteiger partial charge in [0.2, 0.25) is 0 Å². The van der Waals surface area contributed by atoms with Gasteiger partial charge in [0.15, 0.2) is 17.5 Å². The lowest BCUT2D eigenvalue weighted by Crippen LogP contribution is -2.42. The summed E-state index contributed by atoms with van der Waals surface area (Å²) in [6.07, 6.45) is 0. The highest BCUT2D eigenvalue weighted by Crippen LogP contribution is 2.62. The molecule has 9 aromatic rings. The summed E-state index contributed by atoms with van der Waals surface area (Å²) < 4.78 is 2.54. The molecule has 0 spiro atoms. The summed E-state index contributed by atoms with van der Waals surface area (Å²) in [7, 11) is 0. The van der Waals surface area contributed by atoms with E-state index in [4.69, 9.17) is 15.0 Å². The first-order valence-electron chi connectivity index (χ1n) is 21.6. The molecule has 0 radical (unpaired) electrons. The van der Waals surface area contributed by atoms with Crippen LogP contribution in [0.1, 0.15) is 77.6 Å². The van der Waals surface area contributed by atoms with Crippen molar-refractivity contribution in [2.24, 2.45) is 5.41 Å². The maximum atomic E-state index is 5.05. The first-order valence-corrected chi connectivity index (χ1v) is 21.6. The van der Waals surface area contributed by atoms with E-state index in [1.807, 2.05) is 36.4 Å². The molecule has 0 saturated heterocycles. The number of aromatic nitrogens is 4. The number of hydrogen-bond donors (Lipinski definition) is 0. The smallest absolute Gasteiger partial charge is 0.164 e. The summed E-state index contributed by atoms with van der Waals surface area (Å²) in [5.74, 6) is 1.96. The van der Waals surface area contributed by atoms with Crippen molar-refractivity contribution in [2.45, 2.75) is 71.6 Å². The molecule has 61 heavy (non-hydrogen) atoms. The Hall–Kier alpha value is -6.65. The predicted octanol–water partition coefficient (Wildman–Crippen LogP) is 14.5. The molecule has 0 unspecified atom stereocenters. The molecule has 4 heteroatoms. The molecule has 7 aromatic carbocycles. The molecule has 2 aromatic heterocycles. The lowest BCUT2D eigenvalue weighted by Gasteiger charge is -2.44. The van der Waals surface area contributed by atoms with Crippen molar-refractivity contribution in [2.75, 3.05) is 0 Å². The van der Waals surface area contributed by atoms with Crippen molar-refractivity contribution in [3.8, 4) is 62.1 Å². The number of rotatable bonds is 5. The summed E-state index contributed by atoms with van der Waals surface area (Å²) >= 11 is 0. The van der Waals surface area contributed by atoms with Crippen LogP contribution in [0.5, 0.6) is 0 Å². The summed E-state index contributed by atoms with van der Waals surface area (Å²) in [5.41, 5.74) is 17.0. The minimum absolute atomic E-state index is 0.00700. The quantitative estimate of drug-likeness (QED) is 0.174. The fraction of sp³-hybridized carbons (Fsp3) is 0.211. The molecule has 0 atom stereocenters. The molecule has 11 rings (SSSR count). The fourth-order valence-corrected chi connectivity index (χ4v) is 10.6. The normalized spacial score (nSPS) is 16.4. The number of hydrogen-bond acceptors (Lipinski definition) is 3. The Bertz CT molecular complexity index is 3180. The Morgan fingerprint density at radius 3 is 1.48 bits per heavy atom. The lowest BCUT2D eigenvalue weighted by atomic mass is 9.59. The lowest BCUT2D eigenvalue weighted by molar-refractivity contribution is 0.125. The molecule has 0 N–H and O–H groups in total. The maximum absolute atomic E-state index is 5.05. The average Bonchev–Trinajstić information content (AvgIpc) is 3.75. The Morgan fingerprint density at radius 1 is 0.361 bits per heavy atom. The van der Waals surface area contributed by atoms with E-state index in [9.17, 15) is 0 Å². The third-order valence-electron chi connectivity index (χ3n) is 15.3. The molecular formula is C57H50N4. The summed E-state index contributed by atoms with van der Waals surface area (Å²) in [4.78, 5) is 15.0. The van der Waals surface area contributed by atoms with Gasteiger partial charge in [-0.2, -0.15) is 0 Å². The van der Waals surface area contributed by atoms with Crippen molar-refractivity contribution in [3.05, 3.63) is 180 Å². The van der Waals surface area contributed by atoms with Crippen molar-refractivity contribution < 1.29 is 0 Å². The van der Waals surface area contributed by atoms with Gasteiger partial charge < -0.3 is 4.57 Å². The van der Waals surface area contributed by atoms with E-state index in [0.717, 1.165) is 33.5 Å². The van der Waals surface area contributed by atoms with Gasteiger partial charge in [-0.1, -0.05) is 171 Å². The first-order chi connectivity index (χ1) is 29.3. The second-order valence-corrected chi connectivity index (χ2v) is 19.4. The zero-order valence-corrected chi connectivity index (χ0v) is 36.3. The van der Waals surface area contributed by atoms with E-state index in [1.165, 1.54) is 55.2 Å². The monoisotopic (exact) mass is 790 g/mol. The molecule has 4 nitrogen and oxygen atoms in total. The van der Waals surface area contributed by atoms with Gasteiger partial charge >= 0.3 is 0 Å². The minimum Gasteiger partial charge on any atom is -0.309 e. The van der Waals surface area contributed by atoms with Gasteiger partial charge in [-0.25, -0.2) is 15.0 Å². The number of benzene rings is 7. The molecule has 0 saturated carbocycles. The standard InChI is InChI=1S/C57H50N4/c1-54(2)45-28-16-15-27-41(45)42-31-43-44-32-47-48(56(5,6)57(7,8)55(47,3)4)34-50(44)61(49(43)33-46(42)54)40-26-18-24-38(30-40)37-23-17-25-39(29-37)53-59-51(35-19-11-9-12-20-35)58-52(60-53)36-21-13-10-14-22-36/h9-34H,1-8H3. The second kappa shape index (κ2) is 12.9. The topological polar surface area (TPSA) is 43.6 Å². The van der Waals surface area contributed by atoms with Crippen LogP contribution < -0.4 is 0 Å². The van der Waals surface area contributed by atoms with Gasteiger partial charge in [-0.3, -0.25) is 0 Å². The van der Waals surface area contributed by atoms with Crippen molar-refractivity contribution in [1.82, 2.24) is 19.5 Å². The molecule has 2 aliphatic rings. The minimum atomic E-state index is -0.116. The third-order valence-corrected chi connectivity index (χ3v) is 15.3. The molecule has 2 heterocycles. The van der Waals surface area contributed by atoms with Gasteiger partial charge in [0.1, 0.15) is 0 Å². The molecule has 0 bridgehead atoms. The average molecular weight is 791 g/mol. The molecule has 0 fully saturated rings. The van der Waals surface area contributed by atoms with Crippen LogP contribution in [0.25, 0.3) is 83.9 Å². The molecule has 2 aliphatic carbocycles. The van der Waals surface area contributed by atoms with E-state index in [2.05, 4.69) is 181 Å². The summed E-state index contributed by atoms with van der Waals surface area (Å²) in [6, 6.07) is 57.1. The van der Waals surface area contributed by atoms with Crippen LogP contribution in [0.2, 0.25) is 0 Å². The summed E-state index contributed by atoms with van der Waals surface area (Å²) in [5, 5.41) is 2.61. The molecule has 0 amide bonds. The van der Waals surface area contributed by atoms with Crippen LogP contribution in [0, 0.1) is 5.41 Å². The highest BCUT2D eigenvalue weighted by Gasteiger charge is 2.57. The van der Waals surface area contributed by atoms with Crippen LogP contribution in [0.4, 0.5) is 0 Å². The van der Waals surface area contributed by atoms with E-state index < -0.39 is 0 Å². The van der Waals surface area contributed by atoms with Gasteiger partial charge in [0.05, 0.1) is 11.0 Å². The summed E-state index contributed by atoms with van der Waals surface area (Å²) in [6.45, 7) is 19.4. The zero-order chi connectivity index (χ0) is 42.1. The largest absolute Gasteiger partial charge is 0.309 e. The van der Waals surface area contributed by atoms with Crippen molar-refractivity contribution >= 4 is 21.8 Å².